The fraction of sp³-hybridized carbons (Fsp3) is 0.231. The van der Waals surface area contributed by atoms with Crippen LogP contribution in [0.3, 0.4) is 0 Å². The molecular formula is C13H10F3N3O4S. The van der Waals surface area contributed by atoms with Crippen LogP contribution in [-0.2, 0) is 16.7 Å². The number of halogens is 3. The average Bonchev–Trinajstić information content (AvgIpc) is 2.75. The first kappa shape index (κ1) is 16.3. The topological polar surface area (TPSA) is 103 Å². The molecule has 0 spiro atoms. The number of benzene rings is 1. The van der Waals surface area contributed by atoms with Gasteiger partial charge in [0.2, 0.25) is 0 Å². The average molecular weight is 361 g/mol. The molecular weight excluding hydrogens is 351 g/mol. The second-order valence-electron chi connectivity index (χ2n) is 5.20. The lowest BCUT2D eigenvalue weighted by Crippen LogP contribution is -2.28. The molecule has 11 heteroatoms. The van der Waals surface area contributed by atoms with Gasteiger partial charge in [-0.15, -0.1) is 0 Å². The van der Waals surface area contributed by atoms with E-state index in [1.54, 1.807) is 0 Å². The first-order valence-corrected chi connectivity index (χ1v) is 7.89. The molecule has 7 nitrogen and oxygen atoms in total. The Bertz CT molecular complexity index is 973. The van der Waals surface area contributed by atoms with Crippen LogP contribution in [0, 0.1) is 0 Å². The van der Waals surface area contributed by atoms with Crippen LogP contribution in [0.2, 0.25) is 0 Å². The lowest BCUT2D eigenvalue weighted by Gasteiger charge is -2.13. The smallest absolute Gasteiger partial charge is 0.384 e. The fourth-order valence-electron chi connectivity index (χ4n) is 2.48. The Morgan fingerprint density at radius 1 is 1.33 bits per heavy atom. The van der Waals surface area contributed by atoms with Crippen molar-refractivity contribution in [3.8, 4) is 5.75 Å². The van der Waals surface area contributed by atoms with E-state index < -0.39 is 27.3 Å². The van der Waals surface area contributed by atoms with Crippen LogP contribution in [0.4, 0.5) is 19.0 Å². The van der Waals surface area contributed by atoms with E-state index in [9.17, 15) is 26.4 Å². The van der Waals surface area contributed by atoms with Gasteiger partial charge < -0.3 is 14.8 Å². The minimum atomic E-state index is -5.91. The molecule has 1 aliphatic heterocycles. The highest BCUT2D eigenvalue weighted by Gasteiger charge is 2.49. The van der Waals surface area contributed by atoms with E-state index in [0.29, 0.717) is 16.3 Å². The van der Waals surface area contributed by atoms with Gasteiger partial charge in [-0.3, -0.25) is 4.79 Å². The Morgan fingerprint density at radius 3 is 2.62 bits per heavy atom. The van der Waals surface area contributed by atoms with E-state index in [2.05, 4.69) is 9.17 Å². The van der Waals surface area contributed by atoms with Gasteiger partial charge in [0.25, 0.3) is 5.91 Å². The zero-order valence-electron chi connectivity index (χ0n) is 12.1. The van der Waals surface area contributed by atoms with Gasteiger partial charge in [-0.25, -0.2) is 4.98 Å². The Kier molecular flexibility index (Phi) is 3.37. The first-order valence-electron chi connectivity index (χ1n) is 6.48. The van der Waals surface area contributed by atoms with Crippen molar-refractivity contribution in [1.82, 2.24) is 9.88 Å². The molecule has 1 aliphatic rings. The third kappa shape index (κ3) is 2.40. The van der Waals surface area contributed by atoms with Gasteiger partial charge in [-0.05, 0) is 23.1 Å². The number of anilines is 1. The number of alkyl halides is 3. The summed E-state index contributed by atoms with van der Waals surface area (Å²) in [5, 5.41) is 0.797. The molecule has 0 saturated carbocycles. The monoisotopic (exact) mass is 361 g/mol. The number of fused-ring (bicyclic) bond motifs is 3. The molecule has 0 radical (unpaired) electrons. The summed E-state index contributed by atoms with van der Waals surface area (Å²) >= 11 is 0. The van der Waals surface area contributed by atoms with Crippen LogP contribution >= 0.6 is 0 Å². The number of hydrogen-bond donors (Lipinski definition) is 1. The molecule has 2 N–H and O–H groups in total. The van der Waals surface area contributed by atoms with Crippen molar-refractivity contribution in [1.29, 1.82) is 0 Å². The van der Waals surface area contributed by atoms with Crippen molar-refractivity contribution in [2.45, 2.75) is 12.1 Å². The lowest BCUT2D eigenvalue weighted by atomic mass is 10.0. The van der Waals surface area contributed by atoms with E-state index in [4.69, 9.17) is 5.73 Å². The number of hydrogen-bond acceptors (Lipinski definition) is 6. The number of rotatable bonds is 2. The van der Waals surface area contributed by atoms with Crippen LogP contribution in [0.1, 0.15) is 15.9 Å². The Morgan fingerprint density at radius 2 is 2.00 bits per heavy atom. The Balaban J connectivity index is 2.27. The lowest BCUT2D eigenvalue weighted by molar-refractivity contribution is -0.0500. The number of pyridine rings is 1. The SMILES string of the molecule is CN1Cc2c(c(OS(=O)(=O)C(F)(F)F)cc3cnc(N)cc23)C1=O. The molecule has 0 unspecified atom stereocenters. The highest BCUT2D eigenvalue weighted by molar-refractivity contribution is 7.88. The molecule has 0 saturated heterocycles. The molecule has 0 aliphatic carbocycles. The first-order chi connectivity index (χ1) is 11.0. The van der Waals surface area contributed by atoms with Gasteiger partial charge in [-0.1, -0.05) is 0 Å². The summed E-state index contributed by atoms with van der Waals surface area (Å²) in [4.78, 5) is 17.2. The molecule has 24 heavy (non-hydrogen) atoms. The quantitative estimate of drug-likeness (QED) is 0.644. The predicted molar refractivity (Wildman–Crippen MR) is 77.6 cm³/mol. The summed E-state index contributed by atoms with van der Waals surface area (Å²) in [7, 11) is -4.47. The Hall–Kier alpha value is -2.56. The van der Waals surface area contributed by atoms with Crippen molar-refractivity contribution in [2.75, 3.05) is 12.8 Å². The molecule has 0 fully saturated rings. The molecule has 2 heterocycles. The zero-order chi connectivity index (χ0) is 17.9. The van der Waals surface area contributed by atoms with Gasteiger partial charge in [0, 0.05) is 25.2 Å². The summed E-state index contributed by atoms with van der Waals surface area (Å²) in [6, 6.07) is 2.49. The summed E-state index contributed by atoms with van der Waals surface area (Å²) in [5.41, 5.74) is 0.0910. The van der Waals surface area contributed by atoms with Crippen LogP contribution in [0.15, 0.2) is 18.3 Å². The van der Waals surface area contributed by atoms with Gasteiger partial charge in [0.15, 0.2) is 5.75 Å². The number of nitrogen functional groups attached to an aromatic ring is 1. The minimum Gasteiger partial charge on any atom is -0.384 e. The van der Waals surface area contributed by atoms with Gasteiger partial charge >= 0.3 is 15.6 Å². The van der Waals surface area contributed by atoms with E-state index in [1.807, 2.05) is 0 Å². The number of nitrogens with zero attached hydrogens (tertiary/aromatic N) is 2. The van der Waals surface area contributed by atoms with Crippen molar-refractivity contribution in [3.05, 3.63) is 29.5 Å². The molecule has 1 amide bonds. The molecule has 0 bridgehead atoms. The van der Waals surface area contributed by atoms with Gasteiger partial charge in [0.1, 0.15) is 5.82 Å². The Labute approximate surface area is 133 Å². The highest BCUT2D eigenvalue weighted by atomic mass is 32.2. The van der Waals surface area contributed by atoms with E-state index in [-0.39, 0.29) is 17.9 Å². The van der Waals surface area contributed by atoms with Crippen LogP contribution in [0.5, 0.6) is 5.75 Å². The maximum atomic E-state index is 12.6. The molecule has 1 aromatic carbocycles. The van der Waals surface area contributed by atoms with Crippen molar-refractivity contribution in [3.63, 3.8) is 0 Å². The predicted octanol–water partition coefficient (Wildman–Crippen LogP) is 1.63. The van der Waals surface area contributed by atoms with Crippen LogP contribution in [-0.4, -0.2) is 36.8 Å². The number of carbonyl (C=O) groups excluding carboxylic acids is 1. The van der Waals surface area contributed by atoms with E-state index in [1.165, 1.54) is 24.2 Å². The van der Waals surface area contributed by atoms with Crippen molar-refractivity contribution in [2.24, 2.45) is 0 Å². The van der Waals surface area contributed by atoms with Crippen molar-refractivity contribution >= 4 is 32.6 Å². The number of aromatic nitrogens is 1. The van der Waals surface area contributed by atoms with Crippen LogP contribution < -0.4 is 9.92 Å². The number of amides is 1. The summed E-state index contributed by atoms with van der Waals surface area (Å²) in [5.74, 6) is -1.17. The second kappa shape index (κ2) is 4.97. The minimum absolute atomic E-state index is 0.0807. The van der Waals surface area contributed by atoms with E-state index in [0.717, 1.165) is 6.07 Å². The number of nitrogens with two attached hydrogens (primary N) is 1. The molecule has 0 atom stereocenters. The molecule has 1 aromatic heterocycles. The fourth-order valence-corrected chi connectivity index (χ4v) is 2.95. The summed E-state index contributed by atoms with van der Waals surface area (Å²) in [6.07, 6.45) is 1.26. The van der Waals surface area contributed by atoms with E-state index >= 15 is 0 Å². The van der Waals surface area contributed by atoms with Crippen LogP contribution in [0.25, 0.3) is 10.8 Å². The maximum absolute atomic E-state index is 12.6. The highest BCUT2D eigenvalue weighted by Crippen LogP contribution is 2.39. The summed E-state index contributed by atoms with van der Waals surface area (Å²) < 4.78 is 64.5. The third-order valence-electron chi connectivity index (χ3n) is 3.55. The summed E-state index contributed by atoms with van der Waals surface area (Å²) in [6.45, 7) is 0.0807. The standard InChI is InChI=1S/C13H10F3N3O4S/c1-19-5-8-7-3-10(17)18-4-6(7)2-9(11(8)12(19)20)23-24(21,22)13(14,15)16/h2-4H,5H2,1H3,(H2,17,18). The molecule has 2 aromatic rings. The normalized spacial score (nSPS) is 15.0. The van der Waals surface area contributed by atoms with Gasteiger partial charge in [0.05, 0.1) is 5.56 Å². The molecule has 128 valence electrons. The molecule has 3 rings (SSSR count). The second-order valence-corrected chi connectivity index (χ2v) is 6.74. The zero-order valence-corrected chi connectivity index (χ0v) is 12.9. The number of carbonyl (C=O) groups is 1. The van der Waals surface area contributed by atoms with Gasteiger partial charge in [-0.2, -0.15) is 21.6 Å². The largest absolute Gasteiger partial charge is 0.534 e. The third-order valence-corrected chi connectivity index (χ3v) is 4.52. The maximum Gasteiger partial charge on any atom is 0.534 e. The van der Waals surface area contributed by atoms with Crippen molar-refractivity contribution < 1.29 is 30.6 Å².